The van der Waals surface area contributed by atoms with Gasteiger partial charge in [-0.25, -0.2) is 0 Å². The Labute approximate surface area is 225 Å². The zero-order valence-electron chi connectivity index (χ0n) is 21.3. The van der Waals surface area contributed by atoms with E-state index in [1.165, 1.54) is 0 Å². The van der Waals surface area contributed by atoms with Gasteiger partial charge in [0.05, 0.1) is 31.3 Å². The van der Waals surface area contributed by atoms with E-state index in [1.807, 2.05) is 22.4 Å². The summed E-state index contributed by atoms with van der Waals surface area (Å²) in [4.78, 5) is 46.7. The van der Waals surface area contributed by atoms with Crippen LogP contribution in [0.1, 0.15) is 30.6 Å². The molecule has 0 radical (unpaired) electrons. The molecule has 5 heterocycles. The number of morpholine rings is 1. The molecule has 5 aliphatic rings. The predicted molar refractivity (Wildman–Crippen MR) is 136 cm³/mol. The maximum atomic E-state index is 13.8. The summed E-state index contributed by atoms with van der Waals surface area (Å²) in [5, 5.41) is 26.4. The molecular weight excluding hydrogens is 512 g/mol. The molecule has 1 saturated carbocycles. The van der Waals surface area contributed by atoms with Gasteiger partial charge >= 0.3 is 0 Å². The van der Waals surface area contributed by atoms with Crippen LogP contribution in [0.3, 0.4) is 0 Å². The first-order valence-corrected chi connectivity index (χ1v) is 14.5. The van der Waals surface area contributed by atoms with Gasteiger partial charge < -0.3 is 34.8 Å². The lowest BCUT2D eigenvalue weighted by Crippen LogP contribution is -2.55. The van der Waals surface area contributed by atoms with E-state index in [4.69, 9.17) is 9.47 Å². The maximum Gasteiger partial charge on any atom is 0.240 e. The van der Waals surface area contributed by atoms with Gasteiger partial charge in [-0.2, -0.15) is 0 Å². The number of nitrogens with zero attached hydrogens (tertiary/aromatic N) is 3. The Balaban J connectivity index is 1.26. The molecule has 3 N–H and O–H groups in total. The van der Waals surface area contributed by atoms with Crippen molar-refractivity contribution in [1.82, 2.24) is 20.0 Å². The van der Waals surface area contributed by atoms with Gasteiger partial charge in [-0.1, -0.05) is 6.07 Å². The highest BCUT2D eigenvalue weighted by molar-refractivity contribution is 7.09. The summed E-state index contributed by atoms with van der Waals surface area (Å²) in [6, 6.07) is 3.44. The molecule has 5 fully saturated rings. The van der Waals surface area contributed by atoms with Crippen LogP contribution in [-0.4, -0.2) is 125 Å². The van der Waals surface area contributed by atoms with Crippen molar-refractivity contribution in [3.63, 3.8) is 0 Å². The fourth-order valence-corrected chi connectivity index (χ4v) is 6.93. The zero-order chi connectivity index (χ0) is 26.4. The van der Waals surface area contributed by atoms with Crippen LogP contribution in [0.4, 0.5) is 0 Å². The Bertz CT molecular complexity index is 1040. The average molecular weight is 549 g/mol. The Morgan fingerprint density at radius 3 is 2.68 bits per heavy atom. The molecule has 0 aromatic carbocycles. The first-order valence-electron chi connectivity index (χ1n) is 13.6. The van der Waals surface area contributed by atoms with Crippen molar-refractivity contribution in [2.24, 2.45) is 5.92 Å². The van der Waals surface area contributed by atoms with Gasteiger partial charge in [0, 0.05) is 56.1 Å². The van der Waals surface area contributed by atoms with Crippen LogP contribution < -0.4 is 5.32 Å². The molecule has 6 rings (SSSR count). The molecule has 1 aliphatic carbocycles. The highest BCUT2D eigenvalue weighted by Gasteiger charge is 2.47. The molecule has 4 saturated heterocycles. The van der Waals surface area contributed by atoms with E-state index >= 15 is 0 Å². The van der Waals surface area contributed by atoms with E-state index in [0.29, 0.717) is 39.2 Å². The molecule has 0 spiro atoms. The quantitative estimate of drug-likeness (QED) is 0.446. The highest BCUT2D eigenvalue weighted by Crippen LogP contribution is 2.33. The Morgan fingerprint density at radius 1 is 1.11 bits per heavy atom. The second-order valence-electron chi connectivity index (χ2n) is 11.2. The molecule has 1 aromatic rings. The third-order valence-electron chi connectivity index (χ3n) is 8.35. The normalized spacial score (nSPS) is 36.9. The number of hydrogen-bond donors (Lipinski definition) is 3. The molecule has 4 aliphatic heterocycles. The summed E-state index contributed by atoms with van der Waals surface area (Å²) in [6.45, 7) is 2.76. The SMILES string of the molecule is O=C1C[C@@H]2O[C@H](CN(C(=O)C3CC3)C[C@@H]3CN(CCO3)C(=O)[C@@H]3C[C@@H](CN3Cc3cccs3)N1)[C@@H](O)[C@H]2O. The van der Waals surface area contributed by atoms with E-state index in [9.17, 15) is 24.6 Å². The van der Waals surface area contributed by atoms with Crippen molar-refractivity contribution < 1.29 is 34.1 Å². The fraction of sp³-hybridized carbons (Fsp3) is 0.731. The molecule has 38 heavy (non-hydrogen) atoms. The predicted octanol–water partition coefficient (Wildman–Crippen LogP) is -0.834. The largest absolute Gasteiger partial charge is 0.388 e. The van der Waals surface area contributed by atoms with Crippen LogP contribution in [0, 0.1) is 5.92 Å². The monoisotopic (exact) mass is 548 g/mol. The first-order chi connectivity index (χ1) is 18.4. The van der Waals surface area contributed by atoms with Crippen molar-refractivity contribution in [3.8, 4) is 0 Å². The first kappa shape index (κ1) is 26.1. The van der Waals surface area contributed by atoms with E-state index < -0.39 is 24.4 Å². The van der Waals surface area contributed by atoms with Crippen molar-refractivity contribution in [2.75, 3.05) is 39.3 Å². The minimum absolute atomic E-state index is 0.0213. The lowest BCUT2D eigenvalue weighted by Gasteiger charge is -2.38. The number of carbonyl (C=O) groups excluding carboxylic acids is 3. The number of carbonyl (C=O) groups is 3. The summed E-state index contributed by atoms with van der Waals surface area (Å²) in [7, 11) is 0. The number of aliphatic hydroxyl groups is 2. The Kier molecular flexibility index (Phi) is 7.45. The summed E-state index contributed by atoms with van der Waals surface area (Å²) in [5.41, 5.74) is 0. The van der Waals surface area contributed by atoms with Crippen LogP contribution in [-0.2, 0) is 30.4 Å². The number of hydrogen-bond acceptors (Lipinski definition) is 9. The standard InChI is InChI=1S/C26H36N4O7S/c31-22-9-20-23(32)24(33)21(37-20)14-30(25(34)15-3-4-15)12-17-11-28(5-6-36-17)26(35)19-8-16(27-22)10-29(19)13-18-2-1-7-38-18/h1-2,7,15-17,19-21,23-24,32-33H,3-6,8-14H2,(H,27,31)/t16-,17-,19-,20-,21+,23-,24+/m0/s1. The number of fused-ring (bicyclic) bond motifs is 6. The van der Waals surface area contributed by atoms with Crippen molar-refractivity contribution in [3.05, 3.63) is 22.4 Å². The van der Waals surface area contributed by atoms with Gasteiger partial charge in [0.1, 0.15) is 18.3 Å². The van der Waals surface area contributed by atoms with Gasteiger partial charge in [0.15, 0.2) is 0 Å². The fourth-order valence-electron chi connectivity index (χ4n) is 6.20. The molecule has 0 unspecified atom stereocenters. The van der Waals surface area contributed by atoms with Crippen LogP contribution in [0.5, 0.6) is 0 Å². The zero-order valence-corrected chi connectivity index (χ0v) is 22.1. The summed E-state index contributed by atoms with van der Waals surface area (Å²) >= 11 is 1.64. The van der Waals surface area contributed by atoms with Gasteiger partial charge in [0.2, 0.25) is 17.7 Å². The molecule has 6 bridgehead atoms. The minimum Gasteiger partial charge on any atom is -0.388 e. The number of aliphatic hydroxyl groups excluding tert-OH is 2. The number of thiophene rings is 1. The van der Waals surface area contributed by atoms with Crippen LogP contribution in [0.2, 0.25) is 0 Å². The van der Waals surface area contributed by atoms with Crippen LogP contribution in [0.15, 0.2) is 17.5 Å². The molecule has 3 amide bonds. The summed E-state index contributed by atoms with van der Waals surface area (Å²) in [5.74, 6) is -0.341. The van der Waals surface area contributed by atoms with Gasteiger partial charge in [0.25, 0.3) is 0 Å². The second-order valence-corrected chi connectivity index (χ2v) is 12.2. The smallest absolute Gasteiger partial charge is 0.240 e. The number of amides is 3. The molecule has 1 aromatic heterocycles. The third kappa shape index (κ3) is 5.47. The van der Waals surface area contributed by atoms with Gasteiger partial charge in [-0.15, -0.1) is 11.3 Å². The topological polar surface area (TPSA) is 132 Å². The van der Waals surface area contributed by atoms with Crippen molar-refractivity contribution >= 4 is 29.1 Å². The highest BCUT2D eigenvalue weighted by atomic mass is 32.1. The van der Waals surface area contributed by atoms with Gasteiger partial charge in [-0.3, -0.25) is 19.3 Å². The van der Waals surface area contributed by atoms with Crippen molar-refractivity contribution in [1.29, 1.82) is 0 Å². The lowest BCUT2D eigenvalue weighted by atomic mass is 10.0. The summed E-state index contributed by atoms with van der Waals surface area (Å²) in [6.07, 6.45) is -2.44. The van der Waals surface area contributed by atoms with Gasteiger partial charge in [-0.05, 0) is 30.7 Å². The van der Waals surface area contributed by atoms with E-state index in [0.717, 1.165) is 17.7 Å². The third-order valence-corrected chi connectivity index (χ3v) is 9.21. The molecule has 11 nitrogen and oxygen atoms in total. The lowest BCUT2D eigenvalue weighted by molar-refractivity contribution is -0.147. The molecule has 7 atom stereocenters. The van der Waals surface area contributed by atoms with E-state index in [2.05, 4.69) is 10.2 Å². The number of nitrogens with one attached hydrogen (secondary N) is 1. The molecular formula is C26H36N4O7S. The number of likely N-dealkylation sites (tertiary alicyclic amines) is 1. The Morgan fingerprint density at radius 2 is 1.92 bits per heavy atom. The van der Waals surface area contributed by atoms with Crippen LogP contribution in [0.25, 0.3) is 0 Å². The number of rotatable bonds is 3. The van der Waals surface area contributed by atoms with Crippen molar-refractivity contribution in [2.45, 2.75) is 74.8 Å². The summed E-state index contributed by atoms with van der Waals surface area (Å²) < 4.78 is 12.0. The average Bonchev–Trinajstić information content (AvgIpc) is 3.40. The minimum atomic E-state index is -1.23. The van der Waals surface area contributed by atoms with Crippen LogP contribution >= 0.6 is 11.3 Å². The molecule has 12 heteroatoms. The van der Waals surface area contributed by atoms with E-state index in [1.54, 1.807) is 16.2 Å². The maximum absolute atomic E-state index is 13.8. The Hall–Kier alpha value is -2.09. The second kappa shape index (κ2) is 10.8. The molecule has 208 valence electrons. The van der Waals surface area contributed by atoms with E-state index in [-0.39, 0.29) is 61.3 Å². The number of ether oxygens (including phenoxy) is 2.